The third-order valence-electron chi connectivity index (χ3n) is 5.18. The summed E-state index contributed by atoms with van der Waals surface area (Å²) in [7, 11) is -3.24. The van der Waals surface area contributed by atoms with E-state index in [1.54, 1.807) is 12.4 Å². The first-order chi connectivity index (χ1) is 14.0. The molecule has 0 saturated heterocycles. The maximum atomic E-state index is 12.3. The number of sulfonamides is 1. The van der Waals surface area contributed by atoms with Gasteiger partial charge in [-0.3, -0.25) is 4.98 Å². The monoisotopic (exact) mass is 465 g/mol. The van der Waals surface area contributed by atoms with Gasteiger partial charge in [0.05, 0.1) is 15.3 Å². The van der Waals surface area contributed by atoms with Gasteiger partial charge in [0.15, 0.2) is 0 Å². The largest absolute Gasteiger partial charge is 0.347 e. The molecule has 1 fully saturated rings. The molecular formula is C22H25Cl2N3O2S. The van der Waals surface area contributed by atoms with Crippen LogP contribution in [0.15, 0.2) is 36.8 Å². The Morgan fingerprint density at radius 3 is 2.43 bits per heavy atom. The van der Waals surface area contributed by atoms with Crippen molar-refractivity contribution in [1.29, 1.82) is 0 Å². The molecule has 0 atom stereocenters. The quantitative estimate of drug-likeness (QED) is 0.512. The zero-order valence-corrected chi connectivity index (χ0v) is 19.6. The molecule has 0 spiro atoms. The van der Waals surface area contributed by atoms with Crippen molar-refractivity contribution in [3.05, 3.63) is 52.4 Å². The fraction of sp³-hybridized carbons (Fsp3) is 0.409. The molecule has 0 aliphatic heterocycles. The Labute approximate surface area is 187 Å². The van der Waals surface area contributed by atoms with Crippen molar-refractivity contribution in [2.24, 2.45) is 5.41 Å². The molecule has 8 heteroatoms. The lowest BCUT2D eigenvalue weighted by Crippen LogP contribution is -2.26. The molecule has 5 nitrogen and oxygen atoms in total. The average molecular weight is 466 g/mol. The Morgan fingerprint density at radius 1 is 1.17 bits per heavy atom. The van der Waals surface area contributed by atoms with Crippen LogP contribution < -0.4 is 4.72 Å². The van der Waals surface area contributed by atoms with Crippen LogP contribution in [-0.2, 0) is 23.1 Å². The van der Waals surface area contributed by atoms with E-state index in [1.807, 2.05) is 18.3 Å². The molecule has 1 saturated carbocycles. The molecule has 1 aromatic carbocycles. The number of nitrogens with zero attached hydrogens (tertiary/aromatic N) is 2. The van der Waals surface area contributed by atoms with Gasteiger partial charge in [-0.15, -0.1) is 0 Å². The number of nitrogens with one attached hydrogen (secondary N) is 1. The maximum absolute atomic E-state index is 12.3. The SMILES string of the molecule is CC(C)(C)Cn1cc(CNS(=O)(=O)C2CC2)c2ccc(-c3c(Cl)cncc3Cl)cc21. The highest BCUT2D eigenvalue weighted by atomic mass is 35.5. The van der Waals surface area contributed by atoms with Crippen molar-refractivity contribution in [3.63, 3.8) is 0 Å². The molecule has 4 rings (SSSR count). The van der Waals surface area contributed by atoms with Crippen LogP contribution in [0.4, 0.5) is 0 Å². The number of benzene rings is 1. The van der Waals surface area contributed by atoms with Crippen molar-refractivity contribution in [2.45, 2.75) is 52.0 Å². The standard InChI is InChI=1S/C22H25Cl2N3O2S/c1-22(2,3)13-27-12-15(9-26-30(28,29)16-5-6-16)17-7-4-14(8-20(17)27)21-18(23)10-25-11-19(21)24/h4,7-8,10-12,16,26H,5-6,9,13H2,1-3H3. The fourth-order valence-electron chi connectivity index (χ4n) is 3.67. The first-order valence-electron chi connectivity index (χ1n) is 9.95. The zero-order chi connectivity index (χ0) is 21.7. The van der Waals surface area contributed by atoms with Crippen molar-refractivity contribution in [2.75, 3.05) is 0 Å². The Morgan fingerprint density at radius 2 is 1.83 bits per heavy atom. The van der Waals surface area contributed by atoms with Crippen LogP contribution in [-0.4, -0.2) is 23.2 Å². The molecule has 2 aromatic heterocycles. The fourth-order valence-corrected chi connectivity index (χ4v) is 5.60. The molecule has 30 heavy (non-hydrogen) atoms. The minimum absolute atomic E-state index is 0.0543. The van der Waals surface area contributed by atoms with E-state index in [0.717, 1.165) is 47.0 Å². The Balaban J connectivity index is 1.78. The minimum Gasteiger partial charge on any atom is -0.347 e. The van der Waals surface area contributed by atoms with Gasteiger partial charge in [0.25, 0.3) is 0 Å². The Kier molecular flexibility index (Phi) is 5.64. The van der Waals surface area contributed by atoms with E-state index >= 15 is 0 Å². The minimum atomic E-state index is -3.24. The van der Waals surface area contributed by atoms with E-state index in [4.69, 9.17) is 23.2 Å². The van der Waals surface area contributed by atoms with Gasteiger partial charge < -0.3 is 4.57 Å². The molecule has 0 amide bonds. The highest BCUT2D eigenvalue weighted by molar-refractivity contribution is 7.90. The lowest BCUT2D eigenvalue weighted by atomic mass is 9.97. The summed E-state index contributed by atoms with van der Waals surface area (Å²) in [5.41, 5.74) is 3.68. The van der Waals surface area contributed by atoms with Crippen LogP contribution in [0.2, 0.25) is 10.0 Å². The summed E-state index contributed by atoms with van der Waals surface area (Å²) in [6.45, 7) is 7.60. The van der Waals surface area contributed by atoms with Gasteiger partial charge in [0.1, 0.15) is 0 Å². The summed E-state index contributed by atoms with van der Waals surface area (Å²) in [5.74, 6) is 0. The van der Waals surface area contributed by atoms with Gasteiger partial charge >= 0.3 is 0 Å². The lowest BCUT2D eigenvalue weighted by molar-refractivity contribution is 0.349. The van der Waals surface area contributed by atoms with Gasteiger partial charge in [-0.2, -0.15) is 0 Å². The molecule has 1 aliphatic rings. The highest BCUT2D eigenvalue weighted by Gasteiger charge is 2.35. The summed E-state index contributed by atoms with van der Waals surface area (Å²) < 4.78 is 29.6. The van der Waals surface area contributed by atoms with Gasteiger partial charge in [-0.1, -0.05) is 56.1 Å². The van der Waals surface area contributed by atoms with E-state index < -0.39 is 10.0 Å². The number of fused-ring (bicyclic) bond motifs is 1. The van der Waals surface area contributed by atoms with Gasteiger partial charge in [0, 0.05) is 48.1 Å². The molecule has 160 valence electrons. The first kappa shape index (κ1) is 21.6. The number of hydrogen-bond donors (Lipinski definition) is 1. The zero-order valence-electron chi connectivity index (χ0n) is 17.2. The maximum Gasteiger partial charge on any atom is 0.214 e. The lowest BCUT2D eigenvalue weighted by Gasteiger charge is -2.20. The van der Waals surface area contributed by atoms with E-state index in [-0.39, 0.29) is 17.2 Å². The predicted octanol–water partition coefficient (Wildman–Crippen LogP) is 5.64. The second kappa shape index (κ2) is 7.83. The van der Waals surface area contributed by atoms with Crippen molar-refractivity contribution in [3.8, 4) is 11.1 Å². The molecule has 3 aromatic rings. The summed E-state index contributed by atoms with van der Waals surface area (Å²) >= 11 is 12.7. The number of aromatic nitrogens is 2. The van der Waals surface area contributed by atoms with E-state index in [2.05, 4.69) is 41.1 Å². The number of rotatable bonds is 6. The normalized spacial score (nSPS) is 15.1. The van der Waals surface area contributed by atoms with Crippen molar-refractivity contribution >= 4 is 44.1 Å². The topological polar surface area (TPSA) is 64.0 Å². The van der Waals surface area contributed by atoms with Crippen LogP contribution in [0.5, 0.6) is 0 Å². The molecular weight excluding hydrogens is 441 g/mol. The summed E-state index contributed by atoms with van der Waals surface area (Å²) in [4.78, 5) is 4.03. The molecule has 0 unspecified atom stereocenters. The van der Waals surface area contributed by atoms with Gasteiger partial charge in [-0.25, -0.2) is 13.1 Å². The predicted molar refractivity (Wildman–Crippen MR) is 123 cm³/mol. The van der Waals surface area contributed by atoms with Crippen LogP contribution in [0.25, 0.3) is 22.0 Å². The summed E-state index contributed by atoms with van der Waals surface area (Å²) in [6.07, 6.45) is 6.71. The Bertz CT molecular complexity index is 1190. The smallest absolute Gasteiger partial charge is 0.214 e. The van der Waals surface area contributed by atoms with E-state index in [9.17, 15) is 8.42 Å². The summed E-state index contributed by atoms with van der Waals surface area (Å²) in [5, 5.41) is 1.77. The second-order valence-electron chi connectivity index (χ2n) is 9.12. The van der Waals surface area contributed by atoms with Gasteiger partial charge in [0.2, 0.25) is 10.0 Å². The Hall–Kier alpha value is -1.60. The average Bonchev–Trinajstić information content (AvgIpc) is 3.45. The van der Waals surface area contributed by atoms with Crippen LogP contribution >= 0.6 is 23.2 Å². The van der Waals surface area contributed by atoms with Crippen molar-refractivity contribution in [1.82, 2.24) is 14.3 Å². The van der Waals surface area contributed by atoms with Gasteiger partial charge in [-0.05, 0) is 35.4 Å². The van der Waals surface area contributed by atoms with Crippen LogP contribution in [0, 0.1) is 5.41 Å². The second-order valence-corrected chi connectivity index (χ2v) is 12.0. The molecule has 1 aliphatic carbocycles. The molecule has 0 radical (unpaired) electrons. The molecule has 1 N–H and O–H groups in total. The molecule has 0 bridgehead atoms. The van der Waals surface area contributed by atoms with Crippen LogP contribution in [0.3, 0.4) is 0 Å². The van der Waals surface area contributed by atoms with Crippen LogP contribution in [0.1, 0.15) is 39.2 Å². The highest BCUT2D eigenvalue weighted by Crippen LogP contribution is 2.37. The van der Waals surface area contributed by atoms with E-state index in [0.29, 0.717) is 10.0 Å². The van der Waals surface area contributed by atoms with Crippen molar-refractivity contribution < 1.29 is 8.42 Å². The third kappa shape index (κ3) is 4.52. The number of pyridine rings is 1. The van der Waals surface area contributed by atoms with E-state index in [1.165, 1.54) is 0 Å². The summed E-state index contributed by atoms with van der Waals surface area (Å²) in [6, 6.07) is 6.04. The number of halogens is 2. The molecule has 2 heterocycles. The first-order valence-corrected chi connectivity index (χ1v) is 12.2. The number of hydrogen-bond acceptors (Lipinski definition) is 3. The third-order valence-corrected chi connectivity index (χ3v) is 7.65.